The molecule has 3 heterocycles. The first-order valence-corrected chi connectivity index (χ1v) is 8.30. The van der Waals surface area contributed by atoms with E-state index in [1.807, 2.05) is 0 Å². The fourth-order valence-corrected chi connectivity index (χ4v) is 3.63. The number of nitrogens with two attached hydrogens (primary N) is 1. The van der Waals surface area contributed by atoms with Crippen LogP contribution in [-0.2, 0) is 25.6 Å². The zero-order valence-corrected chi connectivity index (χ0v) is 11.7. The number of aliphatic hydroxyl groups is 1. The van der Waals surface area contributed by atoms with E-state index in [0.717, 1.165) is 4.57 Å². The lowest BCUT2D eigenvalue weighted by atomic mass is 10.1. The maximum Gasteiger partial charge on any atom is 0.351 e. The summed E-state index contributed by atoms with van der Waals surface area (Å²) in [5.74, 6) is 0.0709. The van der Waals surface area contributed by atoms with Crippen molar-refractivity contribution in [1.29, 1.82) is 0 Å². The van der Waals surface area contributed by atoms with Crippen LogP contribution in [0.4, 0.5) is 5.82 Å². The van der Waals surface area contributed by atoms with Crippen molar-refractivity contribution >= 4 is 24.3 Å². The minimum absolute atomic E-state index is 0.0108. The van der Waals surface area contributed by atoms with Gasteiger partial charge in [0.25, 0.3) is 0 Å². The molecule has 1 aromatic rings. The van der Waals surface area contributed by atoms with Crippen LogP contribution >= 0.6 is 6.72 Å². The third kappa shape index (κ3) is 2.40. The molecule has 4 N–H and O–H groups in total. The van der Waals surface area contributed by atoms with Crippen molar-refractivity contribution in [3.8, 4) is 0 Å². The van der Waals surface area contributed by atoms with Gasteiger partial charge in [-0.05, 0) is 17.9 Å². The smallest absolute Gasteiger partial charge is 0.351 e. The molecule has 0 saturated carbocycles. The number of anilines is 1. The van der Waals surface area contributed by atoms with Crippen molar-refractivity contribution in [2.75, 3.05) is 12.3 Å². The minimum atomic E-state index is -3.36. The molecule has 1 aromatic heterocycles. The monoisotopic (exact) mass is 321 g/mol. The summed E-state index contributed by atoms with van der Waals surface area (Å²) < 4.78 is 16.7. The van der Waals surface area contributed by atoms with E-state index in [1.54, 1.807) is 0 Å². The maximum atomic E-state index is 11.8. The third-order valence-corrected chi connectivity index (χ3v) is 4.65. The fraction of sp³-hybridized carbons (Fsp3) is 0.556. The van der Waals surface area contributed by atoms with Crippen LogP contribution in [0.1, 0.15) is 6.23 Å². The van der Waals surface area contributed by atoms with E-state index < -0.39 is 36.9 Å². The highest BCUT2D eigenvalue weighted by molar-refractivity contribution is 8.07. The van der Waals surface area contributed by atoms with Crippen LogP contribution < -0.4 is 11.4 Å². The van der Waals surface area contributed by atoms with Crippen molar-refractivity contribution in [2.24, 2.45) is 0 Å². The number of ether oxygens (including phenoxy) is 1. The van der Waals surface area contributed by atoms with Gasteiger partial charge in [-0.25, -0.2) is 4.79 Å². The Morgan fingerprint density at radius 2 is 2.35 bits per heavy atom. The molecular formula is C9H12N3O6PS. The maximum absolute atomic E-state index is 11.8. The molecule has 110 valence electrons. The fourth-order valence-electron chi connectivity index (χ4n) is 2.19. The zero-order valence-electron chi connectivity index (χ0n) is 10.0. The van der Waals surface area contributed by atoms with Gasteiger partial charge in [0, 0.05) is 6.20 Å². The second kappa shape index (κ2) is 4.85. The summed E-state index contributed by atoms with van der Waals surface area (Å²) in [4.78, 5) is 24.9. The molecule has 11 heteroatoms. The van der Waals surface area contributed by atoms with Crippen molar-refractivity contribution in [1.82, 2.24) is 9.55 Å². The first kappa shape index (κ1) is 14.1. The Hall–Kier alpha value is -0.870. The molecular weight excluding hydrogens is 309 g/mol. The molecule has 1 unspecified atom stereocenters. The highest BCUT2D eigenvalue weighted by Gasteiger charge is 2.51. The normalized spacial score (nSPS) is 40.5. The number of fused-ring (bicyclic) bond motifs is 1. The molecule has 0 radical (unpaired) electrons. The Bertz CT molecular complexity index is 638. The van der Waals surface area contributed by atoms with E-state index in [1.165, 1.54) is 12.3 Å². The highest BCUT2D eigenvalue weighted by atomic mass is 32.5. The Labute approximate surface area is 118 Å². The molecule has 2 aliphatic heterocycles. The standard InChI is InChI=1S/C9H12N3O6PS/c10-5-1-2-12(9(14)11-5)8-6(13)7-4(17-8)3-16-19(15,20)18-7/h1-2,4,6-8,13H,3H2,(H,15,20)(H2,10,11,14)/t4-,6-,7-,8-,19?/m1/s1. The summed E-state index contributed by atoms with van der Waals surface area (Å²) in [5.41, 5.74) is 4.74. The number of rotatable bonds is 1. The van der Waals surface area contributed by atoms with Gasteiger partial charge in [-0.15, -0.1) is 0 Å². The van der Waals surface area contributed by atoms with Gasteiger partial charge in [0.2, 0.25) is 0 Å². The van der Waals surface area contributed by atoms with Crippen molar-refractivity contribution in [3.05, 3.63) is 22.7 Å². The van der Waals surface area contributed by atoms with Crippen molar-refractivity contribution in [3.63, 3.8) is 0 Å². The SMILES string of the molecule is Nc1ccn([C@@H]2O[C@@H]3COP(O)(=S)O[C@H]3[C@H]2O)c(=O)n1. The minimum Gasteiger partial charge on any atom is -0.386 e. The lowest BCUT2D eigenvalue weighted by Gasteiger charge is -2.30. The molecule has 0 amide bonds. The predicted molar refractivity (Wildman–Crippen MR) is 70.2 cm³/mol. The van der Waals surface area contributed by atoms with Crippen LogP contribution in [0, 0.1) is 0 Å². The van der Waals surface area contributed by atoms with Crippen LogP contribution in [-0.4, -0.2) is 44.5 Å². The molecule has 0 aromatic carbocycles. The van der Waals surface area contributed by atoms with E-state index >= 15 is 0 Å². The Balaban J connectivity index is 1.90. The van der Waals surface area contributed by atoms with Gasteiger partial charge in [-0.2, -0.15) is 4.98 Å². The molecule has 5 atom stereocenters. The number of nitrogens with zero attached hydrogens (tertiary/aromatic N) is 2. The summed E-state index contributed by atoms with van der Waals surface area (Å²) in [6, 6.07) is 1.41. The van der Waals surface area contributed by atoms with E-state index in [4.69, 9.17) is 31.3 Å². The van der Waals surface area contributed by atoms with Gasteiger partial charge in [0.05, 0.1) is 6.61 Å². The summed E-state index contributed by atoms with van der Waals surface area (Å²) in [6.07, 6.45) is -2.29. The molecule has 0 spiro atoms. The zero-order chi connectivity index (χ0) is 14.5. The molecule has 2 aliphatic rings. The molecule has 0 bridgehead atoms. The quantitative estimate of drug-likeness (QED) is 0.541. The van der Waals surface area contributed by atoms with Crippen molar-refractivity contribution < 1.29 is 23.8 Å². The summed E-state index contributed by atoms with van der Waals surface area (Å²) in [6.45, 7) is -3.37. The van der Waals surface area contributed by atoms with Crippen LogP contribution in [0.25, 0.3) is 0 Å². The second-order valence-corrected chi connectivity index (χ2v) is 7.22. The highest BCUT2D eigenvalue weighted by Crippen LogP contribution is 2.52. The number of hydrogen-bond acceptors (Lipinski definition) is 8. The van der Waals surface area contributed by atoms with Crippen LogP contribution in [0.15, 0.2) is 17.1 Å². The molecule has 20 heavy (non-hydrogen) atoms. The van der Waals surface area contributed by atoms with Crippen LogP contribution in [0.5, 0.6) is 0 Å². The van der Waals surface area contributed by atoms with E-state index in [-0.39, 0.29) is 12.4 Å². The Morgan fingerprint density at radius 3 is 3.05 bits per heavy atom. The number of nitrogen functional groups attached to an aromatic ring is 1. The lowest BCUT2D eigenvalue weighted by molar-refractivity contribution is -0.0620. The number of aliphatic hydroxyl groups excluding tert-OH is 1. The van der Waals surface area contributed by atoms with Gasteiger partial charge in [-0.3, -0.25) is 9.09 Å². The van der Waals surface area contributed by atoms with Gasteiger partial charge >= 0.3 is 12.4 Å². The van der Waals surface area contributed by atoms with Crippen LogP contribution in [0.2, 0.25) is 0 Å². The molecule has 3 rings (SSSR count). The Kier molecular flexibility index (Phi) is 3.41. The van der Waals surface area contributed by atoms with Crippen LogP contribution in [0.3, 0.4) is 0 Å². The van der Waals surface area contributed by atoms with Gasteiger partial charge in [-0.1, -0.05) is 0 Å². The predicted octanol–water partition coefficient (Wildman–Crippen LogP) is -1.28. The molecule has 2 saturated heterocycles. The lowest BCUT2D eigenvalue weighted by Crippen LogP contribution is -2.40. The van der Waals surface area contributed by atoms with E-state index in [0.29, 0.717) is 0 Å². The third-order valence-electron chi connectivity index (χ3n) is 3.09. The van der Waals surface area contributed by atoms with Crippen molar-refractivity contribution in [2.45, 2.75) is 24.5 Å². The first-order chi connectivity index (χ1) is 9.37. The number of aromatic nitrogens is 2. The summed E-state index contributed by atoms with van der Waals surface area (Å²) in [7, 11) is 0. The molecule has 0 aliphatic carbocycles. The molecule has 9 nitrogen and oxygen atoms in total. The first-order valence-electron chi connectivity index (χ1n) is 5.71. The van der Waals surface area contributed by atoms with E-state index in [2.05, 4.69) is 4.98 Å². The van der Waals surface area contributed by atoms with Gasteiger partial charge in [0.1, 0.15) is 24.1 Å². The number of hydrogen-bond donors (Lipinski definition) is 3. The van der Waals surface area contributed by atoms with E-state index in [9.17, 15) is 14.8 Å². The topological polar surface area (TPSA) is 129 Å². The summed E-state index contributed by atoms with van der Waals surface area (Å²) in [5, 5.41) is 10.2. The average molecular weight is 321 g/mol. The molecule has 2 fully saturated rings. The largest absolute Gasteiger partial charge is 0.386 e. The summed E-state index contributed by atoms with van der Waals surface area (Å²) >= 11 is 4.73. The average Bonchev–Trinajstić information content (AvgIpc) is 2.66. The van der Waals surface area contributed by atoms with Gasteiger partial charge < -0.3 is 25.0 Å². The van der Waals surface area contributed by atoms with Gasteiger partial charge in [0.15, 0.2) is 6.23 Å². The second-order valence-electron chi connectivity index (χ2n) is 4.43. The Morgan fingerprint density at radius 1 is 1.60 bits per heavy atom.